The zero-order valence-corrected chi connectivity index (χ0v) is 27.0. The Morgan fingerprint density at radius 3 is 1.81 bits per heavy atom. The van der Waals surface area contributed by atoms with Crippen LogP contribution in [0.2, 0.25) is 10.0 Å². The summed E-state index contributed by atoms with van der Waals surface area (Å²) in [5.41, 5.74) is 2.14. The maximum atomic E-state index is 13.1. The van der Waals surface area contributed by atoms with Crippen LogP contribution < -0.4 is 15.9 Å². The average Bonchev–Trinajstić information content (AvgIpc) is 3.48. The number of fused-ring (bicyclic) bond motifs is 1. The van der Waals surface area contributed by atoms with Crippen LogP contribution in [0.3, 0.4) is 0 Å². The second-order valence-corrected chi connectivity index (χ2v) is 20.2. The third-order valence-corrected chi connectivity index (χ3v) is 18.0. The van der Waals surface area contributed by atoms with Crippen molar-refractivity contribution in [1.82, 2.24) is 4.98 Å². The maximum absolute atomic E-state index is 13.1. The van der Waals surface area contributed by atoms with Crippen LogP contribution in [0.1, 0.15) is 16.8 Å². The zero-order chi connectivity index (χ0) is 29.9. The van der Waals surface area contributed by atoms with E-state index in [4.69, 9.17) is 32.4 Å². The number of carbonyl (C=O) groups excluding carboxylic acids is 1. The molecule has 0 bridgehead atoms. The van der Waals surface area contributed by atoms with Crippen molar-refractivity contribution in [2.24, 2.45) is 0 Å². The van der Waals surface area contributed by atoms with Crippen LogP contribution in [0.5, 0.6) is 0 Å². The summed E-state index contributed by atoms with van der Waals surface area (Å²) < 4.78 is 11.8. The number of esters is 1. The van der Waals surface area contributed by atoms with Gasteiger partial charge < -0.3 is 0 Å². The van der Waals surface area contributed by atoms with Gasteiger partial charge in [-0.15, -0.1) is 0 Å². The molecule has 0 saturated carbocycles. The molecule has 0 fully saturated rings. The van der Waals surface area contributed by atoms with E-state index in [1.54, 1.807) is 36.4 Å². The summed E-state index contributed by atoms with van der Waals surface area (Å²) in [5.74, 6) is -0.0454. The summed E-state index contributed by atoms with van der Waals surface area (Å²) in [6, 6.07) is 41.9. The van der Waals surface area contributed by atoms with Gasteiger partial charge in [-0.1, -0.05) is 23.2 Å². The number of oxazole rings is 1. The molecule has 216 valence electrons. The molecule has 0 amide bonds. The number of hydrogen-bond donors (Lipinski definition) is 0. The Morgan fingerprint density at radius 1 is 0.744 bits per heavy atom. The van der Waals surface area contributed by atoms with Crippen molar-refractivity contribution in [3.63, 3.8) is 0 Å². The van der Waals surface area contributed by atoms with Crippen LogP contribution in [0.4, 0.5) is 0 Å². The number of halogens is 3. The van der Waals surface area contributed by atoms with Crippen LogP contribution in [-0.4, -0.2) is 23.7 Å². The van der Waals surface area contributed by atoms with Crippen molar-refractivity contribution in [3.8, 4) is 11.5 Å². The van der Waals surface area contributed by atoms with E-state index in [2.05, 4.69) is 93.3 Å². The number of carbonyl (C=O) groups is 1. The van der Waals surface area contributed by atoms with Crippen molar-refractivity contribution in [1.29, 1.82) is 0 Å². The quantitative estimate of drug-likeness (QED) is 0.0863. The molecular weight excluding hydrogens is 664 g/mol. The number of aromatic nitrogens is 1. The van der Waals surface area contributed by atoms with Gasteiger partial charge in [0.1, 0.15) is 0 Å². The van der Waals surface area contributed by atoms with E-state index in [0.29, 0.717) is 44.6 Å². The van der Waals surface area contributed by atoms with Gasteiger partial charge in [0, 0.05) is 10.0 Å². The molecule has 0 aliphatic rings. The van der Waals surface area contributed by atoms with Crippen LogP contribution in [0, 0.1) is 0 Å². The summed E-state index contributed by atoms with van der Waals surface area (Å²) in [7, 11) is 0. The second-order valence-electron chi connectivity index (χ2n) is 10.3. The Balaban J connectivity index is 1.24. The SMILES string of the molecule is O=C(OCCCP(Br)(c1ccccc1)(c1ccccc1)c1ccccc1)c1ccc2nc(-c3cc(Cl)cc(Cl)c3)oc2c1. The third kappa shape index (κ3) is 5.75. The van der Waals surface area contributed by atoms with Gasteiger partial charge in [-0.3, -0.25) is 0 Å². The van der Waals surface area contributed by atoms with Crippen molar-refractivity contribution in [2.75, 3.05) is 12.8 Å². The third-order valence-electron chi connectivity index (χ3n) is 7.57. The van der Waals surface area contributed by atoms with Crippen LogP contribution in [-0.2, 0) is 4.74 Å². The zero-order valence-electron chi connectivity index (χ0n) is 23.0. The second kappa shape index (κ2) is 12.3. The molecule has 5 aromatic carbocycles. The fourth-order valence-electron chi connectivity index (χ4n) is 5.51. The molecule has 0 radical (unpaired) electrons. The first-order valence-corrected chi connectivity index (χ1v) is 19.0. The van der Waals surface area contributed by atoms with E-state index in [0.717, 1.165) is 6.16 Å². The van der Waals surface area contributed by atoms with Gasteiger partial charge in [0.2, 0.25) is 0 Å². The van der Waals surface area contributed by atoms with Gasteiger partial charge in [-0.2, -0.15) is 0 Å². The average molecular weight is 691 g/mol. The van der Waals surface area contributed by atoms with E-state index in [1.165, 1.54) is 15.9 Å². The molecule has 0 saturated heterocycles. The molecule has 1 aromatic heterocycles. The topological polar surface area (TPSA) is 52.3 Å². The first kappa shape index (κ1) is 29.6. The predicted molar refractivity (Wildman–Crippen MR) is 183 cm³/mol. The summed E-state index contributed by atoms with van der Waals surface area (Å²) in [5, 5.41) is 1.56. The fourth-order valence-corrected chi connectivity index (χ4v) is 13.7. The molecular formula is C35H27BrCl2NO3P. The van der Waals surface area contributed by atoms with Gasteiger partial charge in [0.15, 0.2) is 0 Å². The Labute approximate surface area is 268 Å². The Hall–Kier alpha value is -3.47. The summed E-state index contributed by atoms with van der Waals surface area (Å²) >= 11 is 16.7. The number of nitrogens with zero attached hydrogens (tertiary/aromatic N) is 1. The predicted octanol–water partition coefficient (Wildman–Crippen LogP) is 9.19. The molecule has 0 aliphatic carbocycles. The van der Waals surface area contributed by atoms with Gasteiger partial charge in [0.25, 0.3) is 0 Å². The Bertz CT molecular complexity index is 1780. The summed E-state index contributed by atoms with van der Waals surface area (Å²) in [4.78, 5) is 17.7. The molecule has 0 unspecified atom stereocenters. The minimum atomic E-state index is -3.09. The standard InChI is InChI=1S/C35H27BrCl2NO3P/c36-43(29-11-4-1-5-12-29,30-13-6-2-7-14-30,31-15-8-3-9-16-31)20-10-19-41-35(40)25-17-18-32-33(23-25)42-34(39-32)26-21-27(37)24-28(38)22-26/h1-9,11-18,21-24H,10,19-20H2. The van der Waals surface area contributed by atoms with Crippen LogP contribution >= 0.6 is 44.0 Å². The molecule has 6 aromatic rings. The fraction of sp³-hybridized carbons (Fsp3) is 0.0857. The molecule has 0 N–H and O–H groups in total. The molecule has 0 spiro atoms. The van der Waals surface area contributed by atoms with Crippen molar-refractivity contribution < 1.29 is 13.9 Å². The normalized spacial score (nSPS) is 12.5. The van der Waals surface area contributed by atoms with E-state index in [9.17, 15) is 4.79 Å². The molecule has 0 aliphatic heterocycles. The summed E-state index contributed by atoms with van der Waals surface area (Å²) in [6.07, 6.45) is 1.42. The van der Waals surface area contributed by atoms with E-state index >= 15 is 0 Å². The molecule has 6 rings (SSSR count). The molecule has 4 nitrogen and oxygen atoms in total. The number of rotatable bonds is 9. The Kier molecular flexibility index (Phi) is 8.44. The van der Waals surface area contributed by atoms with E-state index < -0.39 is 11.3 Å². The van der Waals surface area contributed by atoms with Gasteiger partial charge >= 0.3 is 230 Å². The molecule has 1 heterocycles. The monoisotopic (exact) mass is 689 g/mol. The van der Waals surface area contributed by atoms with E-state index in [-0.39, 0.29) is 6.61 Å². The van der Waals surface area contributed by atoms with Crippen molar-refractivity contribution in [3.05, 3.63) is 143 Å². The number of ether oxygens (including phenoxy) is 1. The molecule has 43 heavy (non-hydrogen) atoms. The van der Waals surface area contributed by atoms with Crippen LogP contribution in [0.15, 0.2) is 132 Å². The van der Waals surface area contributed by atoms with Gasteiger partial charge in [-0.25, -0.2) is 0 Å². The first-order chi connectivity index (χ1) is 20.8. The summed E-state index contributed by atoms with van der Waals surface area (Å²) in [6.45, 7) is 0.259. The van der Waals surface area contributed by atoms with Gasteiger partial charge in [0.05, 0.1) is 0 Å². The van der Waals surface area contributed by atoms with Crippen molar-refractivity contribution >= 4 is 77.0 Å². The Morgan fingerprint density at radius 2 is 1.28 bits per heavy atom. The molecule has 0 atom stereocenters. The van der Waals surface area contributed by atoms with E-state index in [1.807, 2.05) is 18.2 Å². The first-order valence-electron chi connectivity index (χ1n) is 13.8. The van der Waals surface area contributed by atoms with Gasteiger partial charge in [-0.05, 0) is 6.07 Å². The van der Waals surface area contributed by atoms with Crippen molar-refractivity contribution in [2.45, 2.75) is 6.42 Å². The molecule has 8 heteroatoms. The van der Waals surface area contributed by atoms with Crippen LogP contribution in [0.25, 0.3) is 22.6 Å². The minimum absolute atomic E-state index is 0.259. The number of benzene rings is 5. The number of hydrogen-bond acceptors (Lipinski definition) is 4.